The molecule has 7 nitrogen and oxygen atoms in total. The standard InChI is InChI=1S/C6H12N6O/c1-4(7-8-5(2)13)6-9-10-11-12(6)3/h4,7H,1-3H3,(H,8,13). The van der Waals surface area contributed by atoms with Crippen LogP contribution in [0, 0.1) is 0 Å². The molecule has 1 amide bonds. The van der Waals surface area contributed by atoms with E-state index in [-0.39, 0.29) is 11.9 Å². The summed E-state index contributed by atoms with van der Waals surface area (Å²) in [7, 11) is 1.74. The highest BCUT2D eigenvalue weighted by Crippen LogP contribution is 2.03. The van der Waals surface area contributed by atoms with E-state index in [4.69, 9.17) is 0 Å². The molecule has 0 radical (unpaired) electrons. The molecule has 1 aromatic heterocycles. The number of hydrazine groups is 1. The van der Waals surface area contributed by atoms with E-state index in [1.807, 2.05) is 6.92 Å². The van der Waals surface area contributed by atoms with Gasteiger partial charge >= 0.3 is 0 Å². The Morgan fingerprint density at radius 2 is 2.31 bits per heavy atom. The molecular weight excluding hydrogens is 172 g/mol. The first kappa shape index (κ1) is 9.59. The Bertz CT molecular complexity index is 295. The third-order valence-corrected chi connectivity index (χ3v) is 1.50. The number of nitrogens with zero attached hydrogens (tertiary/aromatic N) is 4. The first-order chi connectivity index (χ1) is 6.11. The van der Waals surface area contributed by atoms with Gasteiger partial charge in [0.05, 0.1) is 6.04 Å². The second-order valence-electron chi connectivity index (χ2n) is 2.71. The van der Waals surface area contributed by atoms with Gasteiger partial charge < -0.3 is 0 Å². The summed E-state index contributed by atoms with van der Waals surface area (Å²) in [4.78, 5) is 10.6. The predicted octanol–water partition coefficient (Wildman–Crippen LogP) is -1.09. The molecule has 0 saturated carbocycles. The van der Waals surface area contributed by atoms with Crippen molar-refractivity contribution in [3.8, 4) is 0 Å². The summed E-state index contributed by atoms with van der Waals surface area (Å²) in [6.07, 6.45) is 0. The fourth-order valence-corrected chi connectivity index (χ4v) is 0.878. The number of amides is 1. The maximum absolute atomic E-state index is 10.6. The molecule has 1 atom stereocenters. The summed E-state index contributed by atoms with van der Waals surface area (Å²) >= 11 is 0. The lowest BCUT2D eigenvalue weighted by Crippen LogP contribution is -2.38. The van der Waals surface area contributed by atoms with Gasteiger partial charge in [-0.25, -0.2) is 10.1 Å². The molecule has 7 heteroatoms. The van der Waals surface area contributed by atoms with Crippen molar-refractivity contribution in [1.29, 1.82) is 0 Å². The van der Waals surface area contributed by atoms with E-state index in [1.165, 1.54) is 6.92 Å². The number of hydrogen-bond donors (Lipinski definition) is 2. The van der Waals surface area contributed by atoms with Crippen molar-refractivity contribution < 1.29 is 4.79 Å². The van der Waals surface area contributed by atoms with Crippen LogP contribution in [0.2, 0.25) is 0 Å². The third-order valence-electron chi connectivity index (χ3n) is 1.50. The van der Waals surface area contributed by atoms with Crippen molar-refractivity contribution >= 4 is 5.91 Å². The van der Waals surface area contributed by atoms with Gasteiger partial charge in [0.1, 0.15) is 0 Å². The summed E-state index contributed by atoms with van der Waals surface area (Å²) < 4.78 is 1.54. The molecule has 0 spiro atoms. The molecule has 0 saturated heterocycles. The molecule has 0 aliphatic heterocycles. The Kier molecular flexibility index (Phi) is 2.91. The van der Waals surface area contributed by atoms with E-state index in [1.54, 1.807) is 11.7 Å². The van der Waals surface area contributed by atoms with Crippen LogP contribution in [0.1, 0.15) is 25.7 Å². The lowest BCUT2D eigenvalue weighted by Gasteiger charge is -2.11. The third kappa shape index (κ3) is 2.48. The van der Waals surface area contributed by atoms with Gasteiger partial charge in [-0.1, -0.05) is 0 Å². The van der Waals surface area contributed by atoms with Crippen LogP contribution in [0.15, 0.2) is 0 Å². The van der Waals surface area contributed by atoms with Gasteiger partial charge in [-0.05, 0) is 17.4 Å². The second-order valence-corrected chi connectivity index (χ2v) is 2.71. The fourth-order valence-electron chi connectivity index (χ4n) is 0.878. The van der Waals surface area contributed by atoms with Crippen LogP contribution in [-0.4, -0.2) is 26.1 Å². The molecule has 13 heavy (non-hydrogen) atoms. The molecule has 2 N–H and O–H groups in total. The fraction of sp³-hybridized carbons (Fsp3) is 0.667. The van der Waals surface area contributed by atoms with Crippen LogP contribution in [0.4, 0.5) is 0 Å². The smallest absolute Gasteiger partial charge is 0.230 e. The van der Waals surface area contributed by atoms with Gasteiger partial charge in [0.25, 0.3) is 0 Å². The highest BCUT2D eigenvalue weighted by molar-refractivity contribution is 5.72. The van der Waals surface area contributed by atoms with Crippen molar-refractivity contribution in [3.63, 3.8) is 0 Å². The molecular formula is C6H12N6O. The van der Waals surface area contributed by atoms with E-state index in [9.17, 15) is 4.79 Å². The lowest BCUT2D eigenvalue weighted by atomic mass is 10.3. The minimum Gasteiger partial charge on any atom is -0.291 e. The van der Waals surface area contributed by atoms with Crippen LogP contribution >= 0.6 is 0 Å². The summed E-state index contributed by atoms with van der Waals surface area (Å²) in [6, 6.07) is -0.121. The normalized spacial score (nSPS) is 12.5. The van der Waals surface area contributed by atoms with Crippen LogP contribution in [0.3, 0.4) is 0 Å². The Morgan fingerprint density at radius 1 is 1.62 bits per heavy atom. The minimum absolute atomic E-state index is 0.121. The van der Waals surface area contributed by atoms with Crippen LogP contribution < -0.4 is 10.9 Å². The zero-order valence-electron chi connectivity index (χ0n) is 7.77. The summed E-state index contributed by atoms with van der Waals surface area (Å²) in [5, 5.41) is 10.9. The molecule has 0 aromatic carbocycles. The first-order valence-electron chi connectivity index (χ1n) is 3.85. The maximum Gasteiger partial charge on any atom is 0.230 e. The van der Waals surface area contributed by atoms with Gasteiger partial charge in [0.2, 0.25) is 5.91 Å². The summed E-state index contributed by atoms with van der Waals surface area (Å²) in [6.45, 7) is 3.27. The topological polar surface area (TPSA) is 84.7 Å². The Hall–Kier alpha value is -1.50. The van der Waals surface area contributed by atoms with Crippen LogP contribution in [0.5, 0.6) is 0 Å². The average Bonchev–Trinajstić information content (AvgIpc) is 2.47. The van der Waals surface area contributed by atoms with E-state index in [0.29, 0.717) is 5.82 Å². The largest absolute Gasteiger partial charge is 0.291 e. The Balaban J connectivity index is 2.53. The lowest BCUT2D eigenvalue weighted by molar-refractivity contribution is -0.120. The minimum atomic E-state index is -0.151. The van der Waals surface area contributed by atoms with Gasteiger partial charge in [0.15, 0.2) is 5.82 Å². The van der Waals surface area contributed by atoms with Gasteiger partial charge in [-0.15, -0.1) is 5.10 Å². The van der Waals surface area contributed by atoms with Crippen molar-refractivity contribution in [1.82, 2.24) is 31.1 Å². The number of aromatic nitrogens is 4. The second kappa shape index (κ2) is 3.94. The molecule has 72 valence electrons. The molecule has 1 rings (SSSR count). The number of aryl methyl sites for hydroxylation is 1. The SMILES string of the molecule is CC(=O)NNC(C)c1nnnn1C. The van der Waals surface area contributed by atoms with Gasteiger partial charge in [0, 0.05) is 14.0 Å². The maximum atomic E-state index is 10.6. The number of nitrogens with one attached hydrogen (secondary N) is 2. The summed E-state index contributed by atoms with van der Waals surface area (Å²) in [5.74, 6) is 0.510. The average molecular weight is 184 g/mol. The first-order valence-corrected chi connectivity index (χ1v) is 3.85. The number of tetrazole rings is 1. The quantitative estimate of drug-likeness (QED) is 0.583. The summed E-state index contributed by atoms with van der Waals surface area (Å²) in [5.41, 5.74) is 5.23. The molecule has 1 aromatic rings. The van der Waals surface area contributed by atoms with E-state index < -0.39 is 0 Å². The van der Waals surface area contributed by atoms with E-state index in [0.717, 1.165) is 0 Å². The van der Waals surface area contributed by atoms with Crippen molar-refractivity contribution in [2.45, 2.75) is 19.9 Å². The van der Waals surface area contributed by atoms with Gasteiger partial charge in [-0.2, -0.15) is 0 Å². The number of rotatable bonds is 3. The Labute approximate surface area is 75.5 Å². The van der Waals surface area contributed by atoms with E-state index in [2.05, 4.69) is 26.4 Å². The number of carbonyl (C=O) groups is 1. The van der Waals surface area contributed by atoms with Crippen molar-refractivity contribution in [2.75, 3.05) is 0 Å². The predicted molar refractivity (Wildman–Crippen MR) is 44.2 cm³/mol. The molecule has 1 unspecified atom stereocenters. The highest BCUT2D eigenvalue weighted by atomic mass is 16.2. The van der Waals surface area contributed by atoms with Crippen LogP contribution in [0.25, 0.3) is 0 Å². The molecule has 0 aliphatic carbocycles. The number of hydrogen-bond acceptors (Lipinski definition) is 5. The molecule has 0 fully saturated rings. The highest BCUT2D eigenvalue weighted by Gasteiger charge is 2.11. The zero-order valence-corrected chi connectivity index (χ0v) is 7.77. The van der Waals surface area contributed by atoms with Crippen molar-refractivity contribution in [2.24, 2.45) is 7.05 Å². The van der Waals surface area contributed by atoms with E-state index >= 15 is 0 Å². The van der Waals surface area contributed by atoms with Gasteiger partial charge in [-0.3, -0.25) is 10.2 Å². The number of carbonyl (C=O) groups excluding carboxylic acids is 1. The molecule has 0 bridgehead atoms. The monoisotopic (exact) mass is 184 g/mol. The Morgan fingerprint density at radius 3 is 2.77 bits per heavy atom. The van der Waals surface area contributed by atoms with Crippen molar-refractivity contribution in [3.05, 3.63) is 5.82 Å². The molecule has 0 aliphatic rings. The zero-order chi connectivity index (χ0) is 9.84. The molecule has 1 heterocycles. The van der Waals surface area contributed by atoms with Crippen LogP contribution in [-0.2, 0) is 11.8 Å².